The van der Waals surface area contributed by atoms with Crippen molar-refractivity contribution in [3.63, 3.8) is 0 Å². The van der Waals surface area contributed by atoms with E-state index in [1.807, 2.05) is 62.4 Å². The first-order chi connectivity index (χ1) is 10.6. The Morgan fingerprint density at radius 3 is 2.14 bits per heavy atom. The van der Waals surface area contributed by atoms with Gasteiger partial charge in [-0.3, -0.25) is 4.79 Å². The molecular formula is C19H17NO2. The second kappa shape index (κ2) is 5.90. The third-order valence-electron chi connectivity index (χ3n) is 3.48. The van der Waals surface area contributed by atoms with E-state index in [-0.39, 0.29) is 5.91 Å². The average Bonchev–Trinajstić information content (AvgIpc) is 2.96. The molecule has 3 rings (SSSR count). The summed E-state index contributed by atoms with van der Waals surface area (Å²) in [6.45, 7) is 3.92. The Morgan fingerprint density at radius 1 is 0.864 bits per heavy atom. The number of nitrogens with one attached hydrogen (secondary N) is 1. The van der Waals surface area contributed by atoms with Crippen LogP contribution in [-0.2, 0) is 0 Å². The van der Waals surface area contributed by atoms with Crippen LogP contribution in [0.25, 0.3) is 11.3 Å². The zero-order chi connectivity index (χ0) is 15.5. The van der Waals surface area contributed by atoms with E-state index < -0.39 is 0 Å². The smallest absolute Gasteiger partial charge is 0.255 e. The molecule has 2 aromatic carbocycles. The highest BCUT2D eigenvalue weighted by molar-refractivity contribution is 6.04. The van der Waals surface area contributed by atoms with Gasteiger partial charge in [-0.05, 0) is 50.2 Å². The minimum Gasteiger partial charge on any atom is -0.461 e. The summed E-state index contributed by atoms with van der Waals surface area (Å²) in [7, 11) is 0. The number of furan rings is 1. The van der Waals surface area contributed by atoms with E-state index in [4.69, 9.17) is 4.42 Å². The van der Waals surface area contributed by atoms with Gasteiger partial charge in [0.2, 0.25) is 0 Å². The monoisotopic (exact) mass is 291 g/mol. The SMILES string of the molecule is Cc1ccc(NC(=O)c2ccc(-c3ccc(C)o3)cc2)cc1. The van der Waals surface area contributed by atoms with Gasteiger partial charge in [0.25, 0.3) is 5.91 Å². The van der Waals surface area contributed by atoms with E-state index >= 15 is 0 Å². The quantitative estimate of drug-likeness (QED) is 0.752. The van der Waals surface area contributed by atoms with Crippen molar-refractivity contribution in [1.82, 2.24) is 0 Å². The second-order valence-corrected chi connectivity index (χ2v) is 5.31. The number of aryl methyl sites for hydroxylation is 2. The molecule has 1 heterocycles. The summed E-state index contributed by atoms with van der Waals surface area (Å²) in [5.41, 5.74) is 3.53. The predicted octanol–water partition coefficient (Wildman–Crippen LogP) is 4.82. The summed E-state index contributed by atoms with van der Waals surface area (Å²) >= 11 is 0. The number of rotatable bonds is 3. The highest BCUT2D eigenvalue weighted by atomic mass is 16.3. The Kier molecular flexibility index (Phi) is 3.79. The van der Waals surface area contributed by atoms with Gasteiger partial charge in [-0.15, -0.1) is 0 Å². The highest BCUT2D eigenvalue weighted by Gasteiger charge is 2.08. The Morgan fingerprint density at radius 2 is 1.55 bits per heavy atom. The summed E-state index contributed by atoms with van der Waals surface area (Å²) in [6.07, 6.45) is 0. The summed E-state index contributed by atoms with van der Waals surface area (Å²) in [5, 5.41) is 2.89. The first-order valence-corrected chi connectivity index (χ1v) is 7.17. The van der Waals surface area contributed by atoms with Gasteiger partial charge in [0.05, 0.1) is 0 Å². The maximum absolute atomic E-state index is 12.2. The fourth-order valence-electron chi connectivity index (χ4n) is 2.22. The van der Waals surface area contributed by atoms with Crippen molar-refractivity contribution in [1.29, 1.82) is 0 Å². The number of carbonyl (C=O) groups is 1. The van der Waals surface area contributed by atoms with Gasteiger partial charge in [-0.25, -0.2) is 0 Å². The predicted molar refractivity (Wildman–Crippen MR) is 88.0 cm³/mol. The van der Waals surface area contributed by atoms with E-state index in [0.29, 0.717) is 5.56 Å². The van der Waals surface area contributed by atoms with Gasteiger partial charge < -0.3 is 9.73 Å². The lowest BCUT2D eigenvalue weighted by Gasteiger charge is -2.06. The number of hydrogen-bond donors (Lipinski definition) is 1. The van der Waals surface area contributed by atoms with Gasteiger partial charge in [0.1, 0.15) is 11.5 Å². The molecule has 0 aliphatic heterocycles. The average molecular weight is 291 g/mol. The minimum absolute atomic E-state index is 0.119. The van der Waals surface area contributed by atoms with Gasteiger partial charge in [0, 0.05) is 16.8 Å². The molecule has 0 saturated heterocycles. The van der Waals surface area contributed by atoms with Crippen LogP contribution in [0.3, 0.4) is 0 Å². The molecular weight excluding hydrogens is 274 g/mol. The molecule has 0 fully saturated rings. The number of amides is 1. The fraction of sp³-hybridized carbons (Fsp3) is 0.105. The summed E-state index contributed by atoms with van der Waals surface area (Å²) in [5.74, 6) is 1.56. The van der Waals surface area contributed by atoms with Crippen LogP contribution >= 0.6 is 0 Å². The van der Waals surface area contributed by atoms with Crippen LogP contribution in [0.2, 0.25) is 0 Å². The molecule has 0 spiro atoms. The molecule has 0 radical (unpaired) electrons. The van der Waals surface area contributed by atoms with Crippen molar-refractivity contribution in [2.45, 2.75) is 13.8 Å². The molecule has 0 aliphatic rings. The number of benzene rings is 2. The molecule has 3 aromatic rings. The first kappa shape index (κ1) is 14.1. The van der Waals surface area contributed by atoms with E-state index in [1.54, 1.807) is 12.1 Å². The third kappa shape index (κ3) is 3.09. The second-order valence-electron chi connectivity index (χ2n) is 5.31. The lowest BCUT2D eigenvalue weighted by molar-refractivity contribution is 0.102. The maximum Gasteiger partial charge on any atom is 0.255 e. The van der Waals surface area contributed by atoms with Gasteiger partial charge in [-0.1, -0.05) is 29.8 Å². The van der Waals surface area contributed by atoms with Crippen LogP contribution in [0.5, 0.6) is 0 Å². The molecule has 1 aromatic heterocycles. The summed E-state index contributed by atoms with van der Waals surface area (Å²) in [6, 6.07) is 19.0. The maximum atomic E-state index is 12.2. The standard InChI is InChI=1S/C19H17NO2/c1-13-3-10-17(11-4-13)20-19(21)16-8-6-15(7-9-16)18-12-5-14(2)22-18/h3-12H,1-2H3,(H,20,21). The topological polar surface area (TPSA) is 42.2 Å². The van der Waals surface area contributed by atoms with Crippen molar-refractivity contribution in [2.24, 2.45) is 0 Å². The Balaban J connectivity index is 1.74. The lowest BCUT2D eigenvalue weighted by atomic mass is 10.1. The molecule has 1 amide bonds. The zero-order valence-corrected chi connectivity index (χ0v) is 12.6. The molecule has 0 bridgehead atoms. The van der Waals surface area contributed by atoms with Crippen LogP contribution in [0.4, 0.5) is 5.69 Å². The van der Waals surface area contributed by atoms with Crippen LogP contribution in [0.15, 0.2) is 65.1 Å². The van der Waals surface area contributed by atoms with Crippen molar-refractivity contribution in [3.8, 4) is 11.3 Å². The Bertz CT molecular complexity index is 783. The fourth-order valence-corrected chi connectivity index (χ4v) is 2.22. The number of anilines is 1. The van der Waals surface area contributed by atoms with Crippen molar-refractivity contribution in [3.05, 3.63) is 77.6 Å². The molecule has 110 valence electrons. The van der Waals surface area contributed by atoms with Crippen LogP contribution in [0.1, 0.15) is 21.7 Å². The molecule has 3 nitrogen and oxygen atoms in total. The largest absolute Gasteiger partial charge is 0.461 e. The molecule has 0 saturated carbocycles. The molecule has 0 atom stereocenters. The molecule has 0 aliphatic carbocycles. The number of hydrogen-bond acceptors (Lipinski definition) is 2. The van der Waals surface area contributed by atoms with E-state index in [9.17, 15) is 4.79 Å². The van der Waals surface area contributed by atoms with Gasteiger partial charge in [-0.2, -0.15) is 0 Å². The minimum atomic E-state index is -0.119. The highest BCUT2D eigenvalue weighted by Crippen LogP contribution is 2.22. The van der Waals surface area contributed by atoms with Crippen LogP contribution < -0.4 is 5.32 Å². The van der Waals surface area contributed by atoms with Gasteiger partial charge >= 0.3 is 0 Å². The Labute approximate surface area is 129 Å². The molecule has 1 N–H and O–H groups in total. The normalized spacial score (nSPS) is 10.5. The van der Waals surface area contributed by atoms with E-state index in [1.165, 1.54) is 0 Å². The van der Waals surface area contributed by atoms with Crippen LogP contribution in [-0.4, -0.2) is 5.91 Å². The Hall–Kier alpha value is -2.81. The third-order valence-corrected chi connectivity index (χ3v) is 3.48. The molecule has 22 heavy (non-hydrogen) atoms. The van der Waals surface area contributed by atoms with Crippen molar-refractivity contribution < 1.29 is 9.21 Å². The summed E-state index contributed by atoms with van der Waals surface area (Å²) < 4.78 is 5.58. The summed E-state index contributed by atoms with van der Waals surface area (Å²) in [4.78, 5) is 12.2. The van der Waals surface area contributed by atoms with E-state index in [2.05, 4.69) is 5.32 Å². The van der Waals surface area contributed by atoms with Crippen molar-refractivity contribution in [2.75, 3.05) is 5.32 Å². The van der Waals surface area contributed by atoms with Crippen LogP contribution in [0, 0.1) is 13.8 Å². The van der Waals surface area contributed by atoms with Crippen molar-refractivity contribution >= 4 is 11.6 Å². The lowest BCUT2D eigenvalue weighted by Crippen LogP contribution is -2.11. The first-order valence-electron chi connectivity index (χ1n) is 7.17. The molecule has 3 heteroatoms. The zero-order valence-electron chi connectivity index (χ0n) is 12.6. The molecule has 0 unspecified atom stereocenters. The van der Waals surface area contributed by atoms with Gasteiger partial charge in [0.15, 0.2) is 0 Å². The number of carbonyl (C=O) groups excluding carboxylic acids is 1. The van der Waals surface area contributed by atoms with E-state index in [0.717, 1.165) is 28.3 Å².